The summed E-state index contributed by atoms with van der Waals surface area (Å²) in [6, 6.07) is 6.52. The number of ketones is 1. The predicted octanol–water partition coefficient (Wildman–Crippen LogP) is 4.07. The van der Waals surface area contributed by atoms with Crippen molar-refractivity contribution in [3.63, 3.8) is 0 Å². The van der Waals surface area contributed by atoms with Gasteiger partial charge in [-0.15, -0.1) is 0 Å². The molecule has 2 aromatic rings. The number of aromatic nitrogens is 1. The fraction of sp³-hybridized carbons (Fsp3) is 0.0769. The number of nitrogen functional groups attached to an aromatic ring is 1. The van der Waals surface area contributed by atoms with Gasteiger partial charge in [0.25, 0.3) is 0 Å². The lowest BCUT2D eigenvalue weighted by Crippen LogP contribution is -2.00. The van der Waals surface area contributed by atoms with Crippen molar-refractivity contribution >= 4 is 39.0 Å². The van der Waals surface area contributed by atoms with Crippen LogP contribution in [0.15, 0.2) is 34.9 Å². The van der Waals surface area contributed by atoms with E-state index in [4.69, 9.17) is 22.1 Å². The van der Waals surface area contributed by atoms with Gasteiger partial charge < -0.3 is 10.5 Å². The molecule has 0 amide bonds. The van der Waals surface area contributed by atoms with Crippen LogP contribution < -0.4 is 10.5 Å². The van der Waals surface area contributed by atoms with Crippen LogP contribution in [0.1, 0.15) is 17.3 Å². The minimum atomic E-state index is -0.132. The molecule has 98 valence electrons. The summed E-state index contributed by atoms with van der Waals surface area (Å²) in [5.74, 6) is 0.598. The number of halogens is 2. The second-order valence-electron chi connectivity index (χ2n) is 3.85. The molecule has 0 bridgehead atoms. The minimum absolute atomic E-state index is 0.132. The maximum Gasteiger partial charge on any atom is 0.233 e. The van der Waals surface area contributed by atoms with Gasteiger partial charge in [0.2, 0.25) is 5.88 Å². The summed E-state index contributed by atoms with van der Waals surface area (Å²) in [5, 5.41) is 0.489. The summed E-state index contributed by atoms with van der Waals surface area (Å²) >= 11 is 9.10. The molecule has 2 N–H and O–H groups in total. The Balaban J connectivity index is 2.40. The van der Waals surface area contributed by atoms with E-state index in [0.29, 0.717) is 32.4 Å². The van der Waals surface area contributed by atoms with Gasteiger partial charge in [0.1, 0.15) is 5.75 Å². The van der Waals surface area contributed by atoms with Crippen LogP contribution in [-0.4, -0.2) is 10.8 Å². The Bertz CT molecular complexity index is 647. The monoisotopic (exact) mass is 340 g/mol. The van der Waals surface area contributed by atoms with Crippen LogP contribution >= 0.6 is 27.5 Å². The van der Waals surface area contributed by atoms with E-state index >= 15 is 0 Å². The number of nitrogens with two attached hydrogens (primary N) is 1. The Labute approximate surface area is 123 Å². The van der Waals surface area contributed by atoms with E-state index in [0.717, 1.165) is 0 Å². The first-order valence-electron chi connectivity index (χ1n) is 5.36. The highest BCUT2D eigenvalue weighted by molar-refractivity contribution is 9.10. The third-order valence-electron chi connectivity index (χ3n) is 2.36. The quantitative estimate of drug-likeness (QED) is 0.675. The highest BCUT2D eigenvalue weighted by Gasteiger charge is 2.12. The lowest BCUT2D eigenvalue weighted by Gasteiger charge is -2.10. The van der Waals surface area contributed by atoms with E-state index in [-0.39, 0.29) is 5.78 Å². The number of carbonyl (C=O) groups excluding carboxylic acids is 1. The van der Waals surface area contributed by atoms with Crippen LogP contribution in [0.3, 0.4) is 0 Å². The summed E-state index contributed by atoms with van der Waals surface area (Å²) in [4.78, 5) is 15.6. The molecule has 0 saturated carbocycles. The topological polar surface area (TPSA) is 65.2 Å². The molecule has 2 rings (SSSR count). The van der Waals surface area contributed by atoms with Crippen molar-refractivity contribution in [1.29, 1.82) is 0 Å². The average Bonchev–Trinajstić information content (AvgIpc) is 2.34. The van der Waals surface area contributed by atoms with E-state index in [1.54, 1.807) is 24.3 Å². The molecule has 0 spiro atoms. The van der Waals surface area contributed by atoms with Crippen LogP contribution in [0.2, 0.25) is 5.02 Å². The molecule has 1 aromatic heterocycles. The Morgan fingerprint density at radius 1 is 1.42 bits per heavy atom. The van der Waals surface area contributed by atoms with Gasteiger partial charge in [0, 0.05) is 11.9 Å². The van der Waals surface area contributed by atoms with E-state index in [1.165, 1.54) is 13.1 Å². The Hall–Kier alpha value is -1.59. The van der Waals surface area contributed by atoms with Gasteiger partial charge in [-0.3, -0.25) is 4.79 Å². The van der Waals surface area contributed by atoms with Crippen molar-refractivity contribution < 1.29 is 9.53 Å². The molecular formula is C13H10BrClN2O2. The fourth-order valence-electron chi connectivity index (χ4n) is 1.49. The highest BCUT2D eigenvalue weighted by Crippen LogP contribution is 2.32. The van der Waals surface area contributed by atoms with E-state index in [9.17, 15) is 4.79 Å². The van der Waals surface area contributed by atoms with Gasteiger partial charge in [0.15, 0.2) is 5.78 Å². The molecule has 19 heavy (non-hydrogen) atoms. The van der Waals surface area contributed by atoms with Gasteiger partial charge in [-0.05, 0) is 47.1 Å². The van der Waals surface area contributed by atoms with Gasteiger partial charge in [0.05, 0.1) is 15.1 Å². The van der Waals surface area contributed by atoms with E-state index in [1.807, 2.05) is 0 Å². The number of Topliss-reactive ketones (excluding diaryl/α,β-unsaturated/α-hetero) is 1. The second kappa shape index (κ2) is 5.59. The molecule has 0 unspecified atom stereocenters. The molecule has 4 nitrogen and oxygen atoms in total. The first-order valence-corrected chi connectivity index (χ1v) is 6.54. The third-order valence-corrected chi connectivity index (χ3v) is 3.14. The van der Waals surface area contributed by atoms with Crippen molar-refractivity contribution in [2.45, 2.75) is 6.92 Å². The van der Waals surface area contributed by atoms with Crippen LogP contribution in [0.4, 0.5) is 5.69 Å². The molecule has 0 radical (unpaired) electrons. The smallest absolute Gasteiger partial charge is 0.233 e. The maximum atomic E-state index is 11.6. The standard InChI is InChI=1S/C13H10BrClN2O2/c1-7(18)10-5-9(16)2-3-12(10)19-13-11(14)4-8(15)6-17-13/h2-6H,16H2,1H3. The number of anilines is 1. The molecule has 0 aliphatic rings. The number of pyridine rings is 1. The molecule has 1 heterocycles. The zero-order valence-electron chi connectivity index (χ0n) is 9.98. The molecule has 0 aliphatic heterocycles. The number of carbonyl (C=O) groups is 1. The summed E-state index contributed by atoms with van der Waals surface area (Å²) in [6.45, 7) is 1.45. The van der Waals surface area contributed by atoms with Crippen LogP contribution in [0.25, 0.3) is 0 Å². The zero-order chi connectivity index (χ0) is 14.0. The number of nitrogens with zero attached hydrogens (tertiary/aromatic N) is 1. The first kappa shape index (κ1) is 13.8. The van der Waals surface area contributed by atoms with Gasteiger partial charge >= 0.3 is 0 Å². The van der Waals surface area contributed by atoms with Crippen molar-refractivity contribution in [3.05, 3.63) is 45.5 Å². The molecule has 0 saturated heterocycles. The molecule has 1 aromatic carbocycles. The number of hydrogen-bond acceptors (Lipinski definition) is 4. The third kappa shape index (κ3) is 3.24. The van der Waals surface area contributed by atoms with Gasteiger partial charge in [-0.2, -0.15) is 0 Å². The Morgan fingerprint density at radius 2 is 2.16 bits per heavy atom. The number of hydrogen-bond donors (Lipinski definition) is 1. The van der Waals surface area contributed by atoms with Crippen LogP contribution in [-0.2, 0) is 0 Å². The van der Waals surface area contributed by atoms with Crippen molar-refractivity contribution in [1.82, 2.24) is 4.98 Å². The average molecular weight is 342 g/mol. The number of ether oxygens (including phenoxy) is 1. The van der Waals surface area contributed by atoms with Crippen molar-refractivity contribution in [3.8, 4) is 11.6 Å². The summed E-state index contributed by atoms with van der Waals surface area (Å²) in [7, 11) is 0. The second-order valence-corrected chi connectivity index (χ2v) is 5.15. The fourth-order valence-corrected chi connectivity index (χ4v) is 2.21. The largest absolute Gasteiger partial charge is 0.437 e. The van der Waals surface area contributed by atoms with Crippen LogP contribution in [0, 0.1) is 0 Å². The van der Waals surface area contributed by atoms with Crippen LogP contribution in [0.5, 0.6) is 11.6 Å². The molecule has 6 heteroatoms. The molecule has 0 atom stereocenters. The number of rotatable bonds is 3. The normalized spacial score (nSPS) is 10.3. The summed E-state index contributed by atoms with van der Waals surface area (Å²) in [5.41, 5.74) is 6.57. The first-order chi connectivity index (χ1) is 8.97. The summed E-state index contributed by atoms with van der Waals surface area (Å²) < 4.78 is 6.22. The predicted molar refractivity (Wildman–Crippen MR) is 77.9 cm³/mol. The molecule has 0 aliphatic carbocycles. The Kier molecular flexibility index (Phi) is 4.07. The summed E-state index contributed by atoms with van der Waals surface area (Å²) in [6.07, 6.45) is 1.46. The Morgan fingerprint density at radius 3 is 2.79 bits per heavy atom. The lowest BCUT2D eigenvalue weighted by atomic mass is 10.1. The highest BCUT2D eigenvalue weighted by atomic mass is 79.9. The molecule has 0 fully saturated rings. The van der Waals surface area contributed by atoms with E-state index in [2.05, 4.69) is 20.9 Å². The lowest BCUT2D eigenvalue weighted by molar-refractivity contribution is 0.101. The SMILES string of the molecule is CC(=O)c1cc(N)ccc1Oc1ncc(Cl)cc1Br. The van der Waals surface area contributed by atoms with E-state index < -0.39 is 0 Å². The number of benzene rings is 1. The zero-order valence-corrected chi connectivity index (χ0v) is 12.3. The van der Waals surface area contributed by atoms with Gasteiger partial charge in [-0.1, -0.05) is 11.6 Å². The van der Waals surface area contributed by atoms with Crippen molar-refractivity contribution in [2.24, 2.45) is 0 Å². The molecular weight excluding hydrogens is 332 g/mol. The minimum Gasteiger partial charge on any atom is -0.437 e. The maximum absolute atomic E-state index is 11.6. The van der Waals surface area contributed by atoms with Crippen molar-refractivity contribution in [2.75, 3.05) is 5.73 Å². The van der Waals surface area contributed by atoms with Gasteiger partial charge in [-0.25, -0.2) is 4.98 Å².